The van der Waals surface area contributed by atoms with Crippen molar-refractivity contribution in [3.05, 3.63) is 75.3 Å². The third kappa shape index (κ3) is 5.81. The van der Waals surface area contributed by atoms with Gasteiger partial charge in [-0.15, -0.1) is 0 Å². The lowest BCUT2D eigenvalue weighted by Gasteiger charge is -2.28. The molecule has 1 aromatic heterocycles. The van der Waals surface area contributed by atoms with Crippen LogP contribution in [0.5, 0.6) is 5.75 Å². The number of aromatic nitrogens is 2. The molecule has 198 valence electrons. The van der Waals surface area contributed by atoms with Crippen LogP contribution in [0.2, 0.25) is 0 Å². The fourth-order valence-corrected chi connectivity index (χ4v) is 5.72. The van der Waals surface area contributed by atoms with Crippen LogP contribution in [0.25, 0.3) is 10.8 Å². The van der Waals surface area contributed by atoms with Crippen molar-refractivity contribution in [2.45, 2.75) is 50.8 Å². The van der Waals surface area contributed by atoms with Gasteiger partial charge in [0.1, 0.15) is 24.1 Å². The molecule has 2 unspecified atom stereocenters. The number of nitrogens with zero attached hydrogens (tertiary/aromatic N) is 1. The van der Waals surface area contributed by atoms with E-state index < -0.39 is 61.4 Å². The predicted molar refractivity (Wildman–Crippen MR) is 129 cm³/mol. The number of ether oxygens (including phenoxy) is 1. The Labute approximate surface area is 209 Å². The normalized spacial score (nSPS) is 22.9. The average Bonchev–Trinajstić information content (AvgIpc) is 3.22. The zero-order chi connectivity index (χ0) is 26.9. The third-order valence-electron chi connectivity index (χ3n) is 5.83. The molecule has 0 spiro atoms. The van der Waals surface area contributed by atoms with Gasteiger partial charge in [-0.1, -0.05) is 36.4 Å². The molecule has 2 aromatic carbocycles. The van der Waals surface area contributed by atoms with Gasteiger partial charge in [0.15, 0.2) is 0 Å². The van der Waals surface area contributed by atoms with Crippen molar-refractivity contribution in [3.63, 3.8) is 0 Å². The lowest BCUT2D eigenvalue weighted by molar-refractivity contribution is -0.138. The molecule has 1 aliphatic rings. The number of carboxylic acid groups (broad SMARTS) is 1. The predicted octanol–water partition coefficient (Wildman–Crippen LogP) is 2.13. The van der Waals surface area contributed by atoms with Gasteiger partial charge in [-0.05, 0) is 25.3 Å². The first-order valence-corrected chi connectivity index (χ1v) is 12.8. The van der Waals surface area contributed by atoms with E-state index in [2.05, 4.69) is 5.09 Å². The molecule has 1 fully saturated rings. The molecule has 37 heavy (non-hydrogen) atoms. The minimum Gasteiger partial charge on any atom is -0.480 e. The zero-order valence-electron chi connectivity index (χ0n) is 19.7. The number of hydrogen-bond donors (Lipinski definition) is 4. The molecule has 1 saturated heterocycles. The van der Waals surface area contributed by atoms with Crippen LogP contribution in [0.3, 0.4) is 0 Å². The van der Waals surface area contributed by atoms with E-state index in [1.165, 1.54) is 13.8 Å². The molecule has 14 heteroatoms. The maximum Gasteiger partial charge on any atom is 0.459 e. The Morgan fingerprint density at radius 2 is 1.95 bits per heavy atom. The smallest absolute Gasteiger partial charge is 0.459 e. The second kappa shape index (κ2) is 10.6. The van der Waals surface area contributed by atoms with E-state index in [4.69, 9.17) is 13.8 Å². The number of aliphatic hydroxyl groups is 1. The van der Waals surface area contributed by atoms with Crippen molar-refractivity contribution in [2.24, 2.45) is 0 Å². The largest absolute Gasteiger partial charge is 0.480 e. The SMILES string of the molecule is CC(N[P@](=O)(Oc1cccc2ccccc12)OC(C)[C@H]1O[C@@H](n2cc(F)c(=O)[nH]c2=O)C[C@@H]1O)C(=O)O. The second-order valence-electron chi connectivity index (χ2n) is 8.57. The van der Waals surface area contributed by atoms with Crippen molar-refractivity contribution in [2.75, 3.05) is 0 Å². The Balaban J connectivity index is 1.59. The molecule has 2 heterocycles. The van der Waals surface area contributed by atoms with Crippen LogP contribution in [0.4, 0.5) is 4.39 Å². The Bertz CT molecular complexity index is 1470. The standard InChI is InChI=1S/C23H25FN3O9P/c1-12(22(30)31)26-37(33,36-18-9-5-7-14-6-3-4-8-15(14)18)35-13(2)20-17(28)10-19(34-20)27-11-16(24)21(29)25-23(27)32/h3-9,11-13,17,19-20,28H,10H2,1-2H3,(H,26,33)(H,30,31)(H,25,29,32)/t12?,13?,17-,19+,20+,37+/m0/s1. The number of carboxylic acids is 1. The minimum absolute atomic E-state index is 0.166. The summed E-state index contributed by atoms with van der Waals surface area (Å²) in [5.74, 6) is -2.36. The van der Waals surface area contributed by atoms with Gasteiger partial charge in [0.25, 0.3) is 5.56 Å². The number of hydrogen-bond acceptors (Lipinski definition) is 8. The van der Waals surface area contributed by atoms with Crippen molar-refractivity contribution in [3.8, 4) is 5.75 Å². The number of benzene rings is 2. The van der Waals surface area contributed by atoms with Crippen LogP contribution < -0.4 is 20.9 Å². The van der Waals surface area contributed by atoms with E-state index >= 15 is 0 Å². The van der Waals surface area contributed by atoms with Crippen LogP contribution in [0.1, 0.15) is 26.5 Å². The highest BCUT2D eigenvalue weighted by molar-refractivity contribution is 7.52. The molecule has 1 aliphatic heterocycles. The van der Waals surface area contributed by atoms with Crippen molar-refractivity contribution >= 4 is 24.5 Å². The number of nitrogens with one attached hydrogen (secondary N) is 2. The van der Waals surface area contributed by atoms with Crippen LogP contribution >= 0.6 is 7.75 Å². The molecule has 4 N–H and O–H groups in total. The first-order valence-electron chi connectivity index (χ1n) is 11.3. The summed E-state index contributed by atoms with van der Waals surface area (Å²) in [6.07, 6.45) is -4.23. The van der Waals surface area contributed by atoms with Crippen LogP contribution in [-0.4, -0.2) is 50.1 Å². The number of carbonyl (C=O) groups is 1. The Kier molecular flexibility index (Phi) is 7.62. The topological polar surface area (TPSA) is 169 Å². The fourth-order valence-electron chi connectivity index (χ4n) is 4.00. The van der Waals surface area contributed by atoms with Crippen molar-refractivity contribution in [1.29, 1.82) is 0 Å². The number of aliphatic hydroxyl groups excluding tert-OH is 1. The van der Waals surface area contributed by atoms with Gasteiger partial charge in [-0.25, -0.2) is 9.36 Å². The van der Waals surface area contributed by atoms with Crippen LogP contribution in [0, 0.1) is 5.82 Å². The second-order valence-corrected chi connectivity index (χ2v) is 10.2. The molecule has 0 aliphatic carbocycles. The minimum atomic E-state index is -4.40. The number of aliphatic carboxylic acids is 1. The summed E-state index contributed by atoms with van der Waals surface area (Å²) >= 11 is 0. The number of rotatable bonds is 9. The molecule has 12 nitrogen and oxygen atoms in total. The van der Waals surface area contributed by atoms with Crippen LogP contribution in [0.15, 0.2) is 58.3 Å². The molecule has 0 bridgehead atoms. The number of halogens is 1. The average molecular weight is 537 g/mol. The summed E-state index contributed by atoms with van der Waals surface area (Å²) in [6.45, 7) is 2.67. The summed E-state index contributed by atoms with van der Waals surface area (Å²) in [5, 5.41) is 23.7. The van der Waals surface area contributed by atoms with Gasteiger partial charge in [0, 0.05) is 11.8 Å². The highest BCUT2D eigenvalue weighted by Gasteiger charge is 2.43. The first-order chi connectivity index (χ1) is 17.5. The van der Waals surface area contributed by atoms with E-state index in [9.17, 15) is 33.6 Å². The molecule has 0 amide bonds. The lowest BCUT2D eigenvalue weighted by Crippen LogP contribution is -2.39. The van der Waals surface area contributed by atoms with Gasteiger partial charge in [-0.3, -0.25) is 23.7 Å². The Morgan fingerprint density at radius 1 is 1.24 bits per heavy atom. The third-order valence-corrected chi connectivity index (χ3v) is 7.58. The van der Waals surface area contributed by atoms with E-state index in [0.29, 0.717) is 11.6 Å². The maximum absolute atomic E-state index is 13.8. The highest BCUT2D eigenvalue weighted by atomic mass is 31.2. The highest BCUT2D eigenvalue weighted by Crippen LogP contribution is 2.49. The van der Waals surface area contributed by atoms with Gasteiger partial charge >= 0.3 is 19.4 Å². The lowest BCUT2D eigenvalue weighted by atomic mass is 10.1. The molecule has 4 rings (SSSR count). The summed E-state index contributed by atoms with van der Waals surface area (Å²) in [7, 11) is -4.40. The van der Waals surface area contributed by atoms with Gasteiger partial charge < -0.3 is 19.5 Å². The first kappa shape index (κ1) is 26.7. The number of H-pyrrole nitrogens is 1. The van der Waals surface area contributed by atoms with E-state index in [0.717, 1.165) is 9.95 Å². The monoisotopic (exact) mass is 537 g/mol. The Hall–Kier alpha value is -3.35. The molecular formula is C23H25FN3O9P. The molecule has 0 saturated carbocycles. The maximum atomic E-state index is 13.8. The molecular weight excluding hydrogens is 512 g/mol. The summed E-state index contributed by atoms with van der Waals surface area (Å²) in [4.78, 5) is 36.7. The van der Waals surface area contributed by atoms with E-state index in [1.807, 2.05) is 23.2 Å². The van der Waals surface area contributed by atoms with Crippen molar-refractivity contribution < 1.29 is 37.7 Å². The molecule has 6 atom stereocenters. The molecule has 3 aromatic rings. The van der Waals surface area contributed by atoms with E-state index in [-0.39, 0.29) is 12.2 Å². The summed E-state index contributed by atoms with van der Waals surface area (Å²) in [5.41, 5.74) is -2.14. The number of aromatic amines is 1. The summed E-state index contributed by atoms with van der Waals surface area (Å²) < 4.78 is 45.4. The quantitative estimate of drug-likeness (QED) is 0.297. The van der Waals surface area contributed by atoms with Crippen molar-refractivity contribution in [1.82, 2.24) is 14.6 Å². The zero-order valence-corrected chi connectivity index (χ0v) is 20.6. The van der Waals surface area contributed by atoms with Crippen LogP contribution in [-0.2, 0) is 18.6 Å². The van der Waals surface area contributed by atoms with Gasteiger partial charge in [-0.2, -0.15) is 9.48 Å². The van der Waals surface area contributed by atoms with E-state index in [1.54, 1.807) is 24.3 Å². The Morgan fingerprint density at radius 3 is 2.68 bits per heavy atom. The van der Waals surface area contributed by atoms with Gasteiger partial charge in [0.05, 0.1) is 18.4 Å². The van der Waals surface area contributed by atoms with Gasteiger partial charge in [0.2, 0.25) is 5.82 Å². The fraction of sp³-hybridized carbons (Fsp3) is 0.348. The number of fused-ring (bicyclic) bond motifs is 1. The summed E-state index contributed by atoms with van der Waals surface area (Å²) in [6, 6.07) is 10.8. The molecule has 0 radical (unpaired) electrons.